The first-order chi connectivity index (χ1) is 12.8. The molecule has 1 unspecified atom stereocenters. The molecule has 2 amide bonds. The molecule has 0 fully saturated rings. The van der Waals surface area contributed by atoms with Crippen molar-refractivity contribution in [3.8, 4) is 0 Å². The van der Waals surface area contributed by atoms with Gasteiger partial charge in [-0.25, -0.2) is 9.78 Å². The number of benzene rings is 1. The lowest BCUT2D eigenvalue weighted by Crippen LogP contribution is -2.53. The fourth-order valence-corrected chi connectivity index (χ4v) is 2.52. The molecular formula is C19H21N3O5. The van der Waals surface area contributed by atoms with Crippen LogP contribution in [-0.4, -0.2) is 46.2 Å². The monoisotopic (exact) mass is 371 g/mol. The first-order valence-corrected chi connectivity index (χ1v) is 8.47. The zero-order valence-electron chi connectivity index (χ0n) is 15.0. The Balaban J connectivity index is 2.15. The number of amides is 2. The maximum atomic E-state index is 12.5. The topological polar surface area (TPSA) is 125 Å². The van der Waals surface area contributed by atoms with E-state index in [2.05, 4.69) is 15.6 Å². The SMILES string of the molecule is CC(C)[C@H](NC(=O)c1ccc2ccccc2n1)C(=O)NC(CC=O)C(=O)O. The van der Waals surface area contributed by atoms with Gasteiger partial charge in [0.2, 0.25) is 5.91 Å². The molecule has 0 saturated carbocycles. The van der Waals surface area contributed by atoms with Gasteiger partial charge in [-0.2, -0.15) is 0 Å². The lowest BCUT2D eigenvalue weighted by molar-refractivity contribution is -0.143. The summed E-state index contributed by atoms with van der Waals surface area (Å²) in [6.07, 6.45) is 0.0626. The molecule has 0 spiro atoms. The van der Waals surface area contributed by atoms with E-state index in [0.717, 1.165) is 5.39 Å². The van der Waals surface area contributed by atoms with E-state index in [1.54, 1.807) is 38.1 Å². The van der Waals surface area contributed by atoms with Crippen LogP contribution in [0.15, 0.2) is 36.4 Å². The number of nitrogens with zero attached hydrogens (tertiary/aromatic N) is 1. The van der Waals surface area contributed by atoms with Crippen molar-refractivity contribution in [3.05, 3.63) is 42.1 Å². The lowest BCUT2D eigenvalue weighted by Gasteiger charge is -2.23. The molecule has 1 heterocycles. The van der Waals surface area contributed by atoms with Crippen molar-refractivity contribution in [2.75, 3.05) is 0 Å². The fraction of sp³-hybridized carbons (Fsp3) is 0.316. The lowest BCUT2D eigenvalue weighted by atomic mass is 10.0. The molecule has 2 rings (SSSR count). The fourth-order valence-electron chi connectivity index (χ4n) is 2.52. The number of carbonyl (C=O) groups is 4. The average molecular weight is 371 g/mol. The predicted molar refractivity (Wildman–Crippen MR) is 98.1 cm³/mol. The Morgan fingerprint density at radius 3 is 2.44 bits per heavy atom. The molecule has 2 atom stereocenters. The van der Waals surface area contributed by atoms with Gasteiger partial charge in [-0.05, 0) is 18.1 Å². The molecule has 0 aliphatic heterocycles. The van der Waals surface area contributed by atoms with Crippen LogP contribution in [0.25, 0.3) is 10.9 Å². The third-order valence-electron chi connectivity index (χ3n) is 4.01. The summed E-state index contributed by atoms with van der Waals surface area (Å²) < 4.78 is 0. The first-order valence-electron chi connectivity index (χ1n) is 8.47. The van der Waals surface area contributed by atoms with Crippen molar-refractivity contribution in [1.29, 1.82) is 0 Å². The summed E-state index contributed by atoms with van der Waals surface area (Å²) >= 11 is 0. The molecule has 1 aromatic carbocycles. The summed E-state index contributed by atoms with van der Waals surface area (Å²) in [7, 11) is 0. The Morgan fingerprint density at radius 2 is 1.81 bits per heavy atom. The minimum absolute atomic E-state index is 0.148. The van der Waals surface area contributed by atoms with Crippen LogP contribution < -0.4 is 10.6 Å². The van der Waals surface area contributed by atoms with E-state index >= 15 is 0 Å². The summed E-state index contributed by atoms with van der Waals surface area (Å²) in [5.41, 5.74) is 0.794. The molecule has 2 aromatic rings. The Kier molecular flexibility index (Phi) is 6.59. The zero-order chi connectivity index (χ0) is 20.0. The summed E-state index contributed by atoms with van der Waals surface area (Å²) in [4.78, 5) is 50.9. The number of pyridine rings is 1. The van der Waals surface area contributed by atoms with Crippen molar-refractivity contribution in [1.82, 2.24) is 15.6 Å². The minimum Gasteiger partial charge on any atom is -0.480 e. The summed E-state index contributed by atoms with van der Waals surface area (Å²) in [5, 5.41) is 14.8. The highest BCUT2D eigenvalue weighted by Gasteiger charge is 2.29. The van der Waals surface area contributed by atoms with Crippen molar-refractivity contribution in [2.24, 2.45) is 5.92 Å². The van der Waals surface area contributed by atoms with E-state index in [9.17, 15) is 19.2 Å². The second-order valence-electron chi connectivity index (χ2n) is 6.39. The summed E-state index contributed by atoms with van der Waals surface area (Å²) in [5.74, 6) is -2.84. The molecule has 142 valence electrons. The van der Waals surface area contributed by atoms with Gasteiger partial charge in [0.25, 0.3) is 5.91 Å². The standard InChI is InChI=1S/C19H21N3O5/c1-11(2)16(18(25)21-15(9-10-23)19(26)27)22-17(24)14-8-7-12-5-3-4-6-13(12)20-14/h3-8,10-11,15-16H,9H2,1-2H3,(H,21,25)(H,22,24)(H,26,27)/t15?,16-/m0/s1. The minimum atomic E-state index is -1.34. The van der Waals surface area contributed by atoms with Crippen LogP contribution in [0.2, 0.25) is 0 Å². The number of rotatable bonds is 8. The van der Waals surface area contributed by atoms with Crippen molar-refractivity contribution in [2.45, 2.75) is 32.4 Å². The van der Waals surface area contributed by atoms with Gasteiger partial charge >= 0.3 is 5.97 Å². The molecular weight excluding hydrogens is 350 g/mol. The van der Waals surface area contributed by atoms with E-state index < -0.39 is 29.9 Å². The molecule has 1 aromatic heterocycles. The van der Waals surface area contributed by atoms with Gasteiger partial charge in [-0.15, -0.1) is 0 Å². The van der Waals surface area contributed by atoms with Gasteiger partial charge in [0.1, 0.15) is 24.1 Å². The second kappa shape index (κ2) is 8.88. The van der Waals surface area contributed by atoms with Gasteiger partial charge in [0.05, 0.1) is 5.52 Å². The van der Waals surface area contributed by atoms with Crippen LogP contribution in [0.5, 0.6) is 0 Å². The van der Waals surface area contributed by atoms with Crippen LogP contribution >= 0.6 is 0 Å². The molecule has 8 heteroatoms. The van der Waals surface area contributed by atoms with Crippen molar-refractivity contribution < 1.29 is 24.3 Å². The molecule has 0 bridgehead atoms. The molecule has 3 N–H and O–H groups in total. The molecule has 0 saturated heterocycles. The quantitative estimate of drug-likeness (QED) is 0.598. The second-order valence-corrected chi connectivity index (χ2v) is 6.39. The molecule has 0 aliphatic carbocycles. The third kappa shape index (κ3) is 5.10. The number of aliphatic carboxylic acids is 1. The predicted octanol–water partition coefficient (Wildman–Crippen LogP) is 1.15. The van der Waals surface area contributed by atoms with Crippen molar-refractivity contribution >= 4 is 35.0 Å². The highest BCUT2D eigenvalue weighted by Crippen LogP contribution is 2.12. The number of carbonyl (C=O) groups excluding carboxylic acids is 3. The summed E-state index contributed by atoms with van der Waals surface area (Å²) in [6, 6.07) is 8.31. The smallest absolute Gasteiger partial charge is 0.326 e. The van der Waals surface area contributed by atoms with Crippen LogP contribution in [0, 0.1) is 5.92 Å². The third-order valence-corrected chi connectivity index (χ3v) is 4.01. The van der Waals surface area contributed by atoms with E-state index in [1.165, 1.54) is 0 Å². The molecule has 27 heavy (non-hydrogen) atoms. The van der Waals surface area contributed by atoms with Crippen LogP contribution in [0.1, 0.15) is 30.8 Å². The Labute approximate surface area is 156 Å². The van der Waals surface area contributed by atoms with E-state index in [4.69, 9.17) is 5.11 Å². The van der Waals surface area contributed by atoms with Gasteiger partial charge in [-0.1, -0.05) is 38.1 Å². The highest BCUT2D eigenvalue weighted by atomic mass is 16.4. The van der Waals surface area contributed by atoms with E-state index in [0.29, 0.717) is 11.8 Å². The average Bonchev–Trinajstić information content (AvgIpc) is 2.64. The Hall–Kier alpha value is -3.29. The molecule has 0 aliphatic rings. The Bertz CT molecular complexity index is 865. The zero-order valence-corrected chi connectivity index (χ0v) is 15.0. The molecule has 8 nitrogen and oxygen atoms in total. The maximum absolute atomic E-state index is 12.5. The van der Waals surface area contributed by atoms with Gasteiger partial charge in [0, 0.05) is 11.8 Å². The van der Waals surface area contributed by atoms with E-state index in [-0.39, 0.29) is 18.0 Å². The normalized spacial score (nSPS) is 13.0. The number of para-hydroxylation sites is 1. The molecule has 0 radical (unpaired) electrons. The number of carboxylic acid groups (broad SMARTS) is 1. The van der Waals surface area contributed by atoms with Gasteiger partial charge < -0.3 is 20.5 Å². The number of carboxylic acids is 1. The largest absolute Gasteiger partial charge is 0.480 e. The number of fused-ring (bicyclic) bond motifs is 1. The Morgan fingerprint density at radius 1 is 1.11 bits per heavy atom. The van der Waals surface area contributed by atoms with Crippen LogP contribution in [0.4, 0.5) is 0 Å². The number of aromatic nitrogens is 1. The maximum Gasteiger partial charge on any atom is 0.326 e. The number of nitrogens with one attached hydrogen (secondary N) is 2. The first kappa shape index (κ1) is 20.0. The number of aldehydes is 1. The van der Waals surface area contributed by atoms with Gasteiger partial charge in [0.15, 0.2) is 0 Å². The van der Waals surface area contributed by atoms with Crippen LogP contribution in [-0.2, 0) is 14.4 Å². The van der Waals surface area contributed by atoms with E-state index in [1.807, 2.05) is 12.1 Å². The highest BCUT2D eigenvalue weighted by molar-refractivity contribution is 5.98. The summed E-state index contributed by atoms with van der Waals surface area (Å²) in [6.45, 7) is 3.43. The van der Waals surface area contributed by atoms with Crippen molar-refractivity contribution in [3.63, 3.8) is 0 Å². The number of hydrogen-bond donors (Lipinski definition) is 3. The van der Waals surface area contributed by atoms with Gasteiger partial charge in [-0.3, -0.25) is 9.59 Å². The van der Waals surface area contributed by atoms with Crippen LogP contribution in [0.3, 0.4) is 0 Å². The number of hydrogen-bond acceptors (Lipinski definition) is 5.